The molecule has 2 bridgehead atoms. The molecular formula is C30H35F2N7O4S. The molecule has 1 aliphatic heterocycles. The minimum Gasteiger partial charge on any atom is -0.494 e. The van der Waals surface area contributed by atoms with Crippen LogP contribution in [-0.2, 0) is 23.6 Å². The second-order valence-corrected chi connectivity index (χ2v) is 14.6. The lowest BCUT2D eigenvalue weighted by Crippen LogP contribution is -2.54. The highest BCUT2D eigenvalue weighted by Gasteiger charge is 2.44. The molecule has 11 nitrogen and oxygen atoms in total. The van der Waals surface area contributed by atoms with E-state index < -0.39 is 16.6 Å². The van der Waals surface area contributed by atoms with Crippen molar-refractivity contribution in [1.29, 1.82) is 0 Å². The van der Waals surface area contributed by atoms with Crippen molar-refractivity contribution in [2.45, 2.75) is 50.7 Å². The zero-order chi connectivity index (χ0) is 31.1. The number of carbonyl (C=O) groups is 1. The molecule has 2 atom stereocenters. The van der Waals surface area contributed by atoms with Crippen molar-refractivity contribution in [3.63, 3.8) is 0 Å². The average Bonchev–Trinajstić information content (AvgIpc) is 3.54. The first-order valence-electron chi connectivity index (χ1n) is 14.8. The second kappa shape index (κ2) is 10.1. The highest BCUT2D eigenvalue weighted by Crippen LogP contribution is 2.40. The van der Waals surface area contributed by atoms with E-state index >= 15 is 0 Å². The van der Waals surface area contributed by atoms with Crippen molar-refractivity contribution in [1.82, 2.24) is 24.0 Å². The first kappa shape index (κ1) is 29.0. The number of alkyl halides is 2. The Labute approximate surface area is 253 Å². The number of rotatable bonds is 8. The van der Waals surface area contributed by atoms with E-state index in [1.54, 1.807) is 25.3 Å². The van der Waals surface area contributed by atoms with Crippen LogP contribution in [0.5, 0.6) is 5.75 Å². The van der Waals surface area contributed by atoms with Gasteiger partial charge in [0, 0.05) is 43.2 Å². The molecule has 2 N–H and O–H groups in total. The molecule has 0 radical (unpaired) electrons. The van der Waals surface area contributed by atoms with Crippen LogP contribution in [-0.4, -0.2) is 76.9 Å². The lowest BCUT2D eigenvalue weighted by atomic mass is 9.92. The van der Waals surface area contributed by atoms with Crippen molar-refractivity contribution in [3.05, 3.63) is 35.9 Å². The third-order valence-electron chi connectivity index (χ3n) is 9.27. The fraction of sp³-hybridized carbons (Fsp3) is 0.500. The molecule has 3 fully saturated rings. The molecule has 3 aromatic heterocycles. The summed E-state index contributed by atoms with van der Waals surface area (Å²) < 4.78 is 61.6. The van der Waals surface area contributed by atoms with Gasteiger partial charge >= 0.3 is 6.55 Å². The van der Waals surface area contributed by atoms with Gasteiger partial charge in [-0.1, -0.05) is 0 Å². The first-order chi connectivity index (χ1) is 20.8. The number of imidazole rings is 1. The van der Waals surface area contributed by atoms with Gasteiger partial charge in [0.15, 0.2) is 5.82 Å². The predicted octanol–water partition coefficient (Wildman–Crippen LogP) is 3.95. The minimum absolute atomic E-state index is 0.0271. The summed E-state index contributed by atoms with van der Waals surface area (Å²) in [4.78, 5) is 24.9. The van der Waals surface area contributed by atoms with Gasteiger partial charge in [-0.3, -0.25) is 4.79 Å². The second-order valence-electron chi connectivity index (χ2n) is 12.7. The van der Waals surface area contributed by atoms with Crippen molar-refractivity contribution in [2.75, 3.05) is 30.8 Å². The predicted molar refractivity (Wildman–Crippen MR) is 162 cm³/mol. The molecule has 1 saturated heterocycles. The van der Waals surface area contributed by atoms with Crippen molar-refractivity contribution in [3.8, 4) is 17.3 Å². The van der Waals surface area contributed by atoms with E-state index in [0.717, 1.165) is 38.4 Å². The summed E-state index contributed by atoms with van der Waals surface area (Å²) in [7, 11) is -0.859. The van der Waals surface area contributed by atoms with Crippen LogP contribution in [0.25, 0.3) is 33.6 Å². The normalized spacial score (nSPS) is 22.0. The van der Waals surface area contributed by atoms with E-state index in [4.69, 9.17) is 15.5 Å². The van der Waals surface area contributed by atoms with E-state index in [1.165, 1.54) is 6.07 Å². The van der Waals surface area contributed by atoms with Crippen LogP contribution in [0.1, 0.15) is 42.5 Å². The fourth-order valence-electron chi connectivity index (χ4n) is 7.07. The SMILES string of the molecule is COc1cc(C(=O)N2C[C@@H]3CC[C@@](N)(C3)C2)cc2nc(-c3cc4ccc(N(C(F)F)S(C)(=O)=O)nc4n3CC3CC3)n(C)c12. The number of aromatic nitrogens is 4. The van der Waals surface area contributed by atoms with E-state index in [2.05, 4.69) is 4.98 Å². The molecule has 4 aromatic rings. The molecule has 2 saturated carbocycles. The summed E-state index contributed by atoms with van der Waals surface area (Å²) in [5.41, 5.74) is 9.08. The quantitative estimate of drug-likeness (QED) is 0.293. The molecule has 3 aliphatic rings. The number of nitrogens with two attached hydrogens (primary N) is 1. The maximum absolute atomic E-state index is 13.8. The van der Waals surface area contributed by atoms with Crippen LogP contribution in [0.15, 0.2) is 30.3 Å². The van der Waals surface area contributed by atoms with Gasteiger partial charge in [-0.25, -0.2) is 18.4 Å². The summed E-state index contributed by atoms with van der Waals surface area (Å²) in [6.45, 7) is -1.50. The van der Waals surface area contributed by atoms with Crippen LogP contribution >= 0.6 is 0 Å². The number of anilines is 1. The molecule has 234 valence electrons. The molecule has 0 spiro atoms. The summed E-state index contributed by atoms with van der Waals surface area (Å²) in [6, 6.07) is 8.29. The molecule has 1 amide bonds. The van der Waals surface area contributed by atoms with E-state index in [0.29, 0.717) is 76.4 Å². The number of benzene rings is 1. The van der Waals surface area contributed by atoms with Gasteiger partial charge in [-0.15, -0.1) is 0 Å². The first-order valence-corrected chi connectivity index (χ1v) is 16.6. The number of hydrogen-bond acceptors (Lipinski definition) is 7. The number of amides is 1. The van der Waals surface area contributed by atoms with Crippen LogP contribution in [0.2, 0.25) is 0 Å². The Hall–Kier alpha value is -3.78. The van der Waals surface area contributed by atoms with Crippen LogP contribution in [0, 0.1) is 11.8 Å². The smallest absolute Gasteiger partial charge is 0.329 e. The van der Waals surface area contributed by atoms with Gasteiger partial charge in [0.2, 0.25) is 10.0 Å². The van der Waals surface area contributed by atoms with Gasteiger partial charge < -0.3 is 24.5 Å². The van der Waals surface area contributed by atoms with Gasteiger partial charge in [0.1, 0.15) is 22.7 Å². The van der Waals surface area contributed by atoms with Crippen LogP contribution in [0.4, 0.5) is 14.6 Å². The third kappa shape index (κ3) is 4.87. The Morgan fingerprint density at radius 2 is 1.98 bits per heavy atom. The molecular weight excluding hydrogens is 592 g/mol. The summed E-state index contributed by atoms with van der Waals surface area (Å²) >= 11 is 0. The lowest BCUT2D eigenvalue weighted by molar-refractivity contribution is 0.0635. The third-order valence-corrected chi connectivity index (χ3v) is 10.3. The Morgan fingerprint density at radius 1 is 1.20 bits per heavy atom. The number of fused-ring (bicyclic) bond motifs is 4. The fourth-order valence-corrected chi connectivity index (χ4v) is 7.80. The van der Waals surface area contributed by atoms with E-state index in [-0.39, 0.29) is 21.6 Å². The number of aryl methyl sites for hydroxylation is 1. The minimum atomic E-state index is -4.27. The zero-order valence-corrected chi connectivity index (χ0v) is 25.6. The standard InChI is InChI=1S/C30H35F2N7O4S/c1-36-25-21(10-20(12-23(25)43-2)28(40)37-14-18-8-9-30(33,13-18)16-37)34-27(36)22-11-19-6-7-24(39(29(31)32)44(3,41)42)35-26(19)38(22)15-17-4-5-17/h6-7,10-12,17-18,29H,4-5,8-9,13-16,33H2,1-3H3/t18-,30-/m1/s1. The molecule has 4 heterocycles. The van der Waals surface area contributed by atoms with Crippen molar-refractivity contribution >= 4 is 43.8 Å². The lowest BCUT2D eigenvalue weighted by Gasteiger charge is -2.37. The average molecular weight is 628 g/mol. The Balaban J connectivity index is 1.33. The van der Waals surface area contributed by atoms with E-state index in [9.17, 15) is 22.0 Å². The molecule has 44 heavy (non-hydrogen) atoms. The van der Waals surface area contributed by atoms with Crippen LogP contribution < -0.4 is 14.8 Å². The number of carbonyl (C=O) groups excluding carboxylic acids is 1. The van der Waals surface area contributed by atoms with Gasteiger partial charge in [-0.2, -0.15) is 13.1 Å². The Bertz CT molecular complexity index is 1920. The number of pyridine rings is 1. The Kier molecular flexibility index (Phi) is 6.66. The number of nitrogens with zero attached hydrogens (tertiary/aromatic N) is 6. The molecule has 1 aromatic carbocycles. The maximum atomic E-state index is 13.8. The van der Waals surface area contributed by atoms with Crippen LogP contribution in [0.3, 0.4) is 0 Å². The number of sulfonamides is 1. The highest BCUT2D eigenvalue weighted by atomic mass is 32.2. The number of halogens is 2. The Morgan fingerprint density at radius 3 is 2.64 bits per heavy atom. The van der Waals surface area contributed by atoms with E-state index in [1.807, 2.05) is 27.1 Å². The zero-order valence-electron chi connectivity index (χ0n) is 24.8. The van der Waals surface area contributed by atoms with Crippen molar-refractivity contribution < 1.29 is 26.7 Å². The monoisotopic (exact) mass is 627 g/mol. The number of ether oxygens (including phenoxy) is 1. The largest absolute Gasteiger partial charge is 0.494 e. The highest BCUT2D eigenvalue weighted by molar-refractivity contribution is 7.92. The summed E-state index contributed by atoms with van der Waals surface area (Å²) in [5.74, 6) is 1.42. The van der Waals surface area contributed by atoms with Gasteiger partial charge in [0.25, 0.3) is 5.91 Å². The molecule has 0 unspecified atom stereocenters. The van der Waals surface area contributed by atoms with Gasteiger partial charge in [-0.05, 0) is 74.3 Å². The molecule has 2 aliphatic carbocycles. The summed E-state index contributed by atoms with van der Waals surface area (Å²) in [5, 5.41) is 0.664. The molecule has 14 heteroatoms. The topological polar surface area (TPSA) is 129 Å². The number of hydrogen-bond donors (Lipinski definition) is 1. The number of likely N-dealkylation sites (tertiary alicyclic amines) is 1. The number of methoxy groups -OCH3 is 1. The summed E-state index contributed by atoms with van der Waals surface area (Å²) in [6.07, 6.45) is 5.68. The molecule has 7 rings (SSSR count). The van der Waals surface area contributed by atoms with Crippen molar-refractivity contribution in [2.24, 2.45) is 24.6 Å². The van der Waals surface area contributed by atoms with Gasteiger partial charge in [0.05, 0.1) is 24.6 Å². The maximum Gasteiger partial charge on any atom is 0.329 e. The number of piperidine rings is 1.